The van der Waals surface area contributed by atoms with Crippen LogP contribution in [0.5, 0.6) is 0 Å². The summed E-state index contributed by atoms with van der Waals surface area (Å²) < 4.78 is 0. The van der Waals surface area contributed by atoms with E-state index in [1.54, 1.807) is 0 Å². The van der Waals surface area contributed by atoms with Crippen molar-refractivity contribution in [3.8, 4) is 0 Å². The monoisotopic (exact) mass is 156 g/mol. The summed E-state index contributed by atoms with van der Waals surface area (Å²) >= 11 is 0. The number of hydrogen-bond acceptors (Lipinski definition) is 2. The third kappa shape index (κ3) is 2.62. The van der Waals surface area contributed by atoms with E-state index in [0.717, 1.165) is 12.1 Å². The highest BCUT2D eigenvalue weighted by Crippen LogP contribution is 2.18. The minimum Gasteiger partial charge on any atom is -0.325 e. The molecule has 2 nitrogen and oxygen atoms in total. The van der Waals surface area contributed by atoms with Crippen LogP contribution in [-0.4, -0.2) is 18.3 Å². The summed E-state index contributed by atoms with van der Waals surface area (Å²) in [5, 5.41) is 0. The maximum absolute atomic E-state index is 6.06. The summed E-state index contributed by atoms with van der Waals surface area (Å²) in [6, 6.07) is 0. The van der Waals surface area contributed by atoms with Gasteiger partial charge >= 0.3 is 0 Å². The normalized spacial score (nSPS) is 21.1. The molecule has 0 spiro atoms. The van der Waals surface area contributed by atoms with Crippen LogP contribution in [0.2, 0.25) is 0 Å². The number of aliphatic imine (C=N–C) groups is 1. The fraction of sp³-hybridized carbons (Fsp3) is 0.889. The standard InChI is InChI=1S/C9H20N2/c1-6-9(4,10)7(2)8(3)11-5/h7H,6,10H2,1-5H3. The van der Waals surface area contributed by atoms with E-state index in [9.17, 15) is 0 Å². The minimum atomic E-state index is -0.108. The Morgan fingerprint density at radius 3 is 2.36 bits per heavy atom. The lowest BCUT2D eigenvalue weighted by molar-refractivity contribution is 0.377. The molecular formula is C9H20N2. The summed E-state index contributed by atoms with van der Waals surface area (Å²) in [5.41, 5.74) is 7.08. The average molecular weight is 156 g/mol. The van der Waals surface area contributed by atoms with Gasteiger partial charge in [0.1, 0.15) is 0 Å². The molecule has 0 rings (SSSR count). The Morgan fingerprint density at radius 2 is 2.09 bits per heavy atom. The van der Waals surface area contributed by atoms with Gasteiger partial charge in [-0.25, -0.2) is 0 Å². The highest BCUT2D eigenvalue weighted by Gasteiger charge is 2.25. The third-order valence-corrected chi connectivity index (χ3v) is 2.73. The van der Waals surface area contributed by atoms with Crippen molar-refractivity contribution in [2.45, 2.75) is 39.7 Å². The predicted octanol–water partition coefficient (Wildman–Crippen LogP) is 1.84. The van der Waals surface area contributed by atoms with Gasteiger partial charge in [0.05, 0.1) is 0 Å². The van der Waals surface area contributed by atoms with Crippen molar-refractivity contribution in [2.75, 3.05) is 7.05 Å². The molecule has 0 aromatic heterocycles. The topological polar surface area (TPSA) is 38.4 Å². The molecule has 0 aromatic rings. The average Bonchev–Trinajstić information content (AvgIpc) is 2.01. The second-order valence-corrected chi connectivity index (χ2v) is 3.45. The summed E-state index contributed by atoms with van der Waals surface area (Å²) in [4.78, 5) is 4.14. The lowest BCUT2D eigenvalue weighted by Crippen LogP contribution is -2.45. The third-order valence-electron chi connectivity index (χ3n) is 2.73. The van der Waals surface area contributed by atoms with Crippen molar-refractivity contribution in [3.63, 3.8) is 0 Å². The molecule has 2 atom stereocenters. The van der Waals surface area contributed by atoms with Crippen LogP contribution in [0.4, 0.5) is 0 Å². The molecule has 0 aliphatic carbocycles. The maximum Gasteiger partial charge on any atom is 0.0276 e. The Balaban J connectivity index is 4.35. The molecule has 0 radical (unpaired) electrons. The van der Waals surface area contributed by atoms with Crippen molar-refractivity contribution in [3.05, 3.63) is 0 Å². The van der Waals surface area contributed by atoms with Crippen molar-refractivity contribution < 1.29 is 0 Å². The Kier molecular flexibility index (Phi) is 3.73. The molecule has 0 fully saturated rings. The Labute approximate surface area is 69.9 Å². The molecule has 0 bridgehead atoms. The molecule has 0 saturated carbocycles. The molecule has 0 aliphatic heterocycles. The van der Waals surface area contributed by atoms with Gasteiger partial charge in [0.15, 0.2) is 0 Å². The molecular weight excluding hydrogens is 136 g/mol. The second kappa shape index (κ2) is 3.86. The van der Waals surface area contributed by atoms with Gasteiger partial charge in [-0.15, -0.1) is 0 Å². The largest absolute Gasteiger partial charge is 0.325 e. The predicted molar refractivity (Wildman–Crippen MR) is 51.1 cm³/mol. The lowest BCUT2D eigenvalue weighted by Gasteiger charge is -2.30. The first-order chi connectivity index (χ1) is 4.95. The van der Waals surface area contributed by atoms with Gasteiger partial charge in [-0.1, -0.05) is 13.8 Å². The van der Waals surface area contributed by atoms with Crippen LogP contribution in [0.15, 0.2) is 4.99 Å². The van der Waals surface area contributed by atoms with E-state index < -0.39 is 0 Å². The van der Waals surface area contributed by atoms with Gasteiger partial charge in [-0.05, 0) is 20.3 Å². The molecule has 0 amide bonds. The molecule has 2 unspecified atom stereocenters. The van der Waals surface area contributed by atoms with Gasteiger partial charge in [0, 0.05) is 24.2 Å². The first-order valence-electron chi connectivity index (χ1n) is 4.17. The highest BCUT2D eigenvalue weighted by molar-refractivity contribution is 5.85. The highest BCUT2D eigenvalue weighted by atomic mass is 14.8. The van der Waals surface area contributed by atoms with Crippen molar-refractivity contribution >= 4 is 5.71 Å². The fourth-order valence-corrected chi connectivity index (χ4v) is 0.977. The Morgan fingerprint density at radius 1 is 1.64 bits per heavy atom. The summed E-state index contributed by atoms with van der Waals surface area (Å²) in [7, 11) is 1.82. The Hall–Kier alpha value is -0.370. The molecule has 2 heteroatoms. The summed E-state index contributed by atoms with van der Waals surface area (Å²) in [5.74, 6) is 0.373. The number of hydrogen-bond donors (Lipinski definition) is 1. The molecule has 0 aromatic carbocycles. The molecule has 2 N–H and O–H groups in total. The second-order valence-electron chi connectivity index (χ2n) is 3.45. The van der Waals surface area contributed by atoms with E-state index in [2.05, 4.69) is 25.8 Å². The van der Waals surface area contributed by atoms with Gasteiger partial charge < -0.3 is 5.73 Å². The number of nitrogens with zero attached hydrogens (tertiary/aromatic N) is 1. The van der Waals surface area contributed by atoms with Crippen LogP contribution in [-0.2, 0) is 0 Å². The van der Waals surface area contributed by atoms with Gasteiger partial charge in [0.2, 0.25) is 0 Å². The van der Waals surface area contributed by atoms with Gasteiger partial charge in [0.25, 0.3) is 0 Å². The van der Waals surface area contributed by atoms with E-state index in [1.165, 1.54) is 0 Å². The minimum absolute atomic E-state index is 0.108. The summed E-state index contributed by atoms with van der Waals surface area (Å²) in [6.07, 6.45) is 0.987. The molecule has 0 saturated heterocycles. The molecule has 0 heterocycles. The van der Waals surface area contributed by atoms with Gasteiger partial charge in [-0.2, -0.15) is 0 Å². The quantitative estimate of drug-likeness (QED) is 0.622. The van der Waals surface area contributed by atoms with E-state index in [1.807, 2.05) is 14.0 Å². The van der Waals surface area contributed by atoms with E-state index in [4.69, 9.17) is 5.73 Å². The van der Waals surface area contributed by atoms with Crippen LogP contribution in [0.1, 0.15) is 34.1 Å². The van der Waals surface area contributed by atoms with Crippen molar-refractivity contribution in [1.82, 2.24) is 0 Å². The first-order valence-corrected chi connectivity index (χ1v) is 4.17. The van der Waals surface area contributed by atoms with Crippen LogP contribution >= 0.6 is 0 Å². The number of rotatable bonds is 3. The van der Waals surface area contributed by atoms with Crippen LogP contribution in [0, 0.1) is 5.92 Å². The zero-order valence-corrected chi connectivity index (χ0v) is 8.31. The Bertz CT molecular complexity index is 148. The SMILES string of the molecule is CCC(C)(N)C(C)C(C)=NC. The van der Waals surface area contributed by atoms with Crippen molar-refractivity contribution in [1.29, 1.82) is 0 Å². The van der Waals surface area contributed by atoms with E-state index in [-0.39, 0.29) is 5.54 Å². The van der Waals surface area contributed by atoms with Crippen LogP contribution < -0.4 is 5.73 Å². The van der Waals surface area contributed by atoms with Gasteiger partial charge in [-0.3, -0.25) is 4.99 Å². The van der Waals surface area contributed by atoms with Crippen molar-refractivity contribution in [2.24, 2.45) is 16.6 Å². The zero-order chi connectivity index (χ0) is 9.07. The smallest absolute Gasteiger partial charge is 0.0276 e. The molecule has 66 valence electrons. The first kappa shape index (κ1) is 10.6. The summed E-state index contributed by atoms with van der Waals surface area (Å²) in [6.45, 7) is 8.35. The molecule has 0 aliphatic rings. The lowest BCUT2D eigenvalue weighted by atomic mass is 9.83. The van der Waals surface area contributed by atoms with E-state index in [0.29, 0.717) is 5.92 Å². The molecule has 11 heavy (non-hydrogen) atoms. The fourth-order valence-electron chi connectivity index (χ4n) is 0.977. The zero-order valence-electron chi connectivity index (χ0n) is 8.31. The maximum atomic E-state index is 6.06. The number of nitrogens with two attached hydrogens (primary N) is 1. The van der Waals surface area contributed by atoms with Crippen LogP contribution in [0.3, 0.4) is 0 Å². The van der Waals surface area contributed by atoms with E-state index >= 15 is 0 Å². The van der Waals surface area contributed by atoms with Crippen LogP contribution in [0.25, 0.3) is 0 Å².